The highest BCUT2D eigenvalue weighted by atomic mass is 79.9. The molecule has 0 amide bonds. The lowest BCUT2D eigenvalue weighted by molar-refractivity contribution is 0.662. The number of fused-ring (bicyclic) bond motifs is 1. The number of rotatable bonds is 2. The molecule has 3 rings (SSSR count). The van der Waals surface area contributed by atoms with Gasteiger partial charge in [0, 0.05) is 10.7 Å². The summed E-state index contributed by atoms with van der Waals surface area (Å²) in [6.07, 6.45) is 1.84. The van der Waals surface area contributed by atoms with Crippen molar-refractivity contribution in [2.45, 2.75) is 19.9 Å². The number of nitrogen functional groups attached to an aromatic ring is 1. The van der Waals surface area contributed by atoms with Gasteiger partial charge in [0.15, 0.2) is 5.65 Å². The highest BCUT2D eigenvalue weighted by Crippen LogP contribution is 2.27. The van der Waals surface area contributed by atoms with Crippen LogP contribution in [0.1, 0.15) is 24.1 Å². The Bertz CT molecular complexity index is 761. The minimum atomic E-state index is 0.0864. The summed E-state index contributed by atoms with van der Waals surface area (Å²) in [7, 11) is 0. The third-order valence-corrected chi connectivity index (χ3v) is 3.96. The zero-order chi connectivity index (χ0) is 14.3. The van der Waals surface area contributed by atoms with E-state index in [9.17, 15) is 0 Å². The van der Waals surface area contributed by atoms with Gasteiger partial charge < -0.3 is 5.73 Å². The van der Waals surface area contributed by atoms with Crippen molar-refractivity contribution in [1.82, 2.24) is 14.5 Å². The fraction of sp³-hybridized carbons (Fsp3) is 0.200. The number of benzene rings is 1. The summed E-state index contributed by atoms with van der Waals surface area (Å²) in [6, 6.07) is 10.3. The number of anilines is 1. The first-order chi connectivity index (χ1) is 9.56. The third-order valence-electron chi connectivity index (χ3n) is 3.43. The number of nitrogens with zero attached hydrogens (tertiary/aromatic N) is 3. The molecule has 0 saturated heterocycles. The van der Waals surface area contributed by atoms with Crippen molar-refractivity contribution in [3.63, 3.8) is 0 Å². The summed E-state index contributed by atoms with van der Waals surface area (Å²) < 4.78 is 3.03. The van der Waals surface area contributed by atoms with Crippen molar-refractivity contribution in [3.05, 3.63) is 52.1 Å². The minimum absolute atomic E-state index is 0.0864. The predicted octanol–water partition coefficient (Wildman–Crippen LogP) is 3.69. The number of hydrogen-bond donors (Lipinski definition) is 1. The van der Waals surface area contributed by atoms with Gasteiger partial charge in [0.2, 0.25) is 5.95 Å². The number of nitrogens with two attached hydrogens (primary N) is 1. The molecule has 102 valence electrons. The second-order valence-electron chi connectivity index (χ2n) is 4.92. The lowest BCUT2D eigenvalue weighted by atomic mass is 10.1. The van der Waals surface area contributed by atoms with Crippen LogP contribution in [0.25, 0.3) is 11.2 Å². The molecular formula is C15H15BrN4. The maximum absolute atomic E-state index is 6.07. The van der Waals surface area contributed by atoms with E-state index in [0.29, 0.717) is 5.95 Å². The van der Waals surface area contributed by atoms with Crippen LogP contribution in [0.5, 0.6) is 0 Å². The molecule has 0 aliphatic heterocycles. The van der Waals surface area contributed by atoms with E-state index < -0.39 is 0 Å². The zero-order valence-electron chi connectivity index (χ0n) is 11.3. The van der Waals surface area contributed by atoms with Gasteiger partial charge in [-0.05, 0) is 43.2 Å². The van der Waals surface area contributed by atoms with Crippen LogP contribution in [-0.4, -0.2) is 14.5 Å². The first-order valence-electron chi connectivity index (χ1n) is 6.42. The van der Waals surface area contributed by atoms with E-state index in [1.54, 1.807) is 0 Å². The van der Waals surface area contributed by atoms with E-state index in [4.69, 9.17) is 5.73 Å². The van der Waals surface area contributed by atoms with Gasteiger partial charge in [0.05, 0.1) is 6.04 Å². The number of aromatic nitrogens is 3. The standard InChI is InChI=1S/C15H15BrN4/c1-9-7-13-14(18-8-9)20(15(17)19-13)10(2)11-3-5-12(16)6-4-11/h3-8,10H,1-2H3,(H2,17,19). The monoisotopic (exact) mass is 330 g/mol. The van der Waals surface area contributed by atoms with Crippen molar-refractivity contribution < 1.29 is 0 Å². The summed E-state index contributed by atoms with van der Waals surface area (Å²) >= 11 is 3.45. The SMILES string of the molecule is Cc1cnc2c(c1)nc(N)n2C(C)c1ccc(Br)cc1. The molecule has 0 aliphatic carbocycles. The molecule has 1 aromatic carbocycles. The number of imidazole rings is 1. The second kappa shape index (κ2) is 4.90. The van der Waals surface area contributed by atoms with Crippen molar-refractivity contribution in [2.75, 3.05) is 5.73 Å². The zero-order valence-corrected chi connectivity index (χ0v) is 12.9. The normalized spacial score (nSPS) is 12.8. The Balaban J connectivity index is 2.13. The highest BCUT2D eigenvalue weighted by molar-refractivity contribution is 9.10. The minimum Gasteiger partial charge on any atom is -0.369 e. The van der Waals surface area contributed by atoms with Crippen molar-refractivity contribution in [1.29, 1.82) is 0 Å². The van der Waals surface area contributed by atoms with E-state index in [-0.39, 0.29) is 6.04 Å². The average molecular weight is 331 g/mol. The Morgan fingerprint density at radius 2 is 1.95 bits per heavy atom. The molecular weight excluding hydrogens is 316 g/mol. The summed E-state index contributed by atoms with van der Waals surface area (Å²) in [5.41, 5.74) is 9.99. The molecule has 2 N–H and O–H groups in total. The quantitative estimate of drug-likeness (QED) is 0.779. The van der Waals surface area contributed by atoms with Crippen LogP contribution in [0.15, 0.2) is 41.0 Å². The number of pyridine rings is 1. The predicted molar refractivity (Wildman–Crippen MR) is 84.6 cm³/mol. The van der Waals surface area contributed by atoms with Crippen molar-refractivity contribution in [2.24, 2.45) is 0 Å². The molecule has 0 aliphatic rings. The molecule has 0 bridgehead atoms. The van der Waals surface area contributed by atoms with Gasteiger partial charge in [0.1, 0.15) is 5.52 Å². The average Bonchev–Trinajstić information content (AvgIpc) is 2.73. The van der Waals surface area contributed by atoms with E-state index in [1.165, 1.54) is 5.56 Å². The van der Waals surface area contributed by atoms with Gasteiger partial charge in [-0.1, -0.05) is 28.1 Å². The van der Waals surface area contributed by atoms with E-state index in [2.05, 4.69) is 45.0 Å². The van der Waals surface area contributed by atoms with Crippen LogP contribution in [0.2, 0.25) is 0 Å². The molecule has 4 nitrogen and oxygen atoms in total. The fourth-order valence-electron chi connectivity index (χ4n) is 2.37. The second-order valence-corrected chi connectivity index (χ2v) is 5.84. The molecule has 2 heterocycles. The van der Waals surface area contributed by atoms with Gasteiger partial charge >= 0.3 is 0 Å². The summed E-state index contributed by atoms with van der Waals surface area (Å²) in [5, 5.41) is 0. The van der Waals surface area contributed by atoms with Crippen LogP contribution in [0, 0.1) is 6.92 Å². The van der Waals surface area contributed by atoms with Crippen LogP contribution in [0.3, 0.4) is 0 Å². The first-order valence-corrected chi connectivity index (χ1v) is 7.21. The Hall–Kier alpha value is -1.88. The van der Waals surface area contributed by atoms with Crippen LogP contribution in [-0.2, 0) is 0 Å². The van der Waals surface area contributed by atoms with Gasteiger partial charge in [-0.3, -0.25) is 4.57 Å². The Labute approximate surface area is 125 Å². The van der Waals surface area contributed by atoms with Gasteiger partial charge in [-0.15, -0.1) is 0 Å². The summed E-state index contributed by atoms with van der Waals surface area (Å²) in [5.74, 6) is 0.494. The molecule has 0 radical (unpaired) electrons. The Morgan fingerprint density at radius 1 is 1.25 bits per heavy atom. The maximum Gasteiger partial charge on any atom is 0.203 e. The van der Waals surface area contributed by atoms with Crippen molar-refractivity contribution in [3.8, 4) is 0 Å². The van der Waals surface area contributed by atoms with Gasteiger partial charge in [0.25, 0.3) is 0 Å². The van der Waals surface area contributed by atoms with E-state index >= 15 is 0 Å². The molecule has 0 saturated carbocycles. The van der Waals surface area contributed by atoms with Crippen LogP contribution < -0.4 is 5.73 Å². The smallest absolute Gasteiger partial charge is 0.203 e. The Morgan fingerprint density at radius 3 is 2.65 bits per heavy atom. The fourth-order valence-corrected chi connectivity index (χ4v) is 2.64. The summed E-state index contributed by atoms with van der Waals surface area (Å²) in [4.78, 5) is 8.88. The Kier molecular flexibility index (Phi) is 3.22. The van der Waals surface area contributed by atoms with E-state index in [0.717, 1.165) is 21.2 Å². The van der Waals surface area contributed by atoms with Gasteiger partial charge in [-0.25, -0.2) is 9.97 Å². The molecule has 1 unspecified atom stereocenters. The molecule has 0 spiro atoms. The summed E-state index contributed by atoms with van der Waals surface area (Å²) in [6.45, 7) is 4.10. The number of hydrogen-bond acceptors (Lipinski definition) is 3. The lowest BCUT2D eigenvalue weighted by Crippen LogP contribution is -2.10. The number of aryl methyl sites for hydroxylation is 1. The lowest BCUT2D eigenvalue weighted by Gasteiger charge is -2.16. The molecule has 2 aromatic heterocycles. The molecule has 20 heavy (non-hydrogen) atoms. The van der Waals surface area contributed by atoms with Crippen molar-refractivity contribution >= 4 is 33.0 Å². The topological polar surface area (TPSA) is 56.7 Å². The van der Waals surface area contributed by atoms with E-state index in [1.807, 2.05) is 35.9 Å². The molecule has 1 atom stereocenters. The molecule has 0 fully saturated rings. The van der Waals surface area contributed by atoms with Crippen LogP contribution >= 0.6 is 15.9 Å². The maximum atomic E-state index is 6.07. The molecule has 5 heteroatoms. The highest BCUT2D eigenvalue weighted by Gasteiger charge is 2.16. The molecule has 3 aromatic rings. The van der Waals surface area contributed by atoms with Crippen LogP contribution in [0.4, 0.5) is 5.95 Å². The third kappa shape index (κ3) is 2.18. The largest absolute Gasteiger partial charge is 0.369 e. The number of halogens is 1. The van der Waals surface area contributed by atoms with Gasteiger partial charge in [-0.2, -0.15) is 0 Å². The first kappa shape index (κ1) is 13.1.